The van der Waals surface area contributed by atoms with Crippen LogP contribution in [0, 0.1) is 0 Å². The van der Waals surface area contributed by atoms with Gasteiger partial charge in [0, 0.05) is 6.54 Å². The second-order valence-corrected chi connectivity index (χ2v) is 7.22. The maximum atomic E-state index is 12.8. The number of fused-ring (bicyclic) bond motifs is 1. The summed E-state index contributed by atoms with van der Waals surface area (Å²) >= 11 is 0. The van der Waals surface area contributed by atoms with Crippen LogP contribution in [0.2, 0.25) is 0 Å². The monoisotopic (exact) mass is 366 g/mol. The van der Waals surface area contributed by atoms with Gasteiger partial charge in [0.05, 0.1) is 6.04 Å². The topological polar surface area (TPSA) is 50.8 Å². The number of likely N-dealkylation sites (tertiary alicyclic amines) is 1. The van der Waals surface area contributed by atoms with Crippen molar-refractivity contribution in [1.29, 1.82) is 0 Å². The zero-order chi connectivity index (χ0) is 18.6. The molecule has 2 aliphatic rings. The first-order chi connectivity index (χ1) is 13.2. The zero-order valence-corrected chi connectivity index (χ0v) is 15.6. The molecule has 142 valence electrons. The smallest absolute Gasteiger partial charge is 0.265 e. The van der Waals surface area contributed by atoms with Crippen LogP contribution >= 0.6 is 0 Å². The molecule has 27 heavy (non-hydrogen) atoms. The summed E-state index contributed by atoms with van der Waals surface area (Å²) in [6, 6.07) is 18.1. The van der Waals surface area contributed by atoms with Crippen molar-refractivity contribution in [2.45, 2.75) is 38.0 Å². The van der Waals surface area contributed by atoms with E-state index in [-0.39, 0.29) is 18.1 Å². The molecule has 0 aliphatic carbocycles. The second-order valence-electron chi connectivity index (χ2n) is 7.22. The van der Waals surface area contributed by atoms with Gasteiger partial charge in [0.2, 0.25) is 6.10 Å². The number of amides is 1. The Hall–Kier alpha value is -2.53. The normalized spacial score (nSPS) is 23.0. The Morgan fingerprint density at radius 1 is 1.04 bits per heavy atom. The standard InChI is InChI=1S/C22H26N2O3/c1-16-21(27-20-12-6-5-11-19(20)26-16)22(25)23-15-18(24-13-7-8-14-24)17-9-3-2-4-10-17/h2-6,9-12,16,18,21H,7-8,13-15H2,1H3,(H,23,25). The largest absolute Gasteiger partial charge is 0.482 e. The maximum absolute atomic E-state index is 12.8. The van der Waals surface area contributed by atoms with Crippen LogP contribution in [0.3, 0.4) is 0 Å². The second kappa shape index (κ2) is 8.01. The Morgan fingerprint density at radius 3 is 2.37 bits per heavy atom. The van der Waals surface area contributed by atoms with Crippen molar-refractivity contribution in [2.24, 2.45) is 0 Å². The lowest BCUT2D eigenvalue weighted by molar-refractivity contribution is -0.133. The van der Waals surface area contributed by atoms with Gasteiger partial charge in [-0.15, -0.1) is 0 Å². The number of hydrogen-bond donors (Lipinski definition) is 1. The van der Waals surface area contributed by atoms with Gasteiger partial charge < -0.3 is 14.8 Å². The summed E-state index contributed by atoms with van der Waals surface area (Å²) in [7, 11) is 0. The fraction of sp³-hybridized carbons (Fsp3) is 0.409. The quantitative estimate of drug-likeness (QED) is 0.883. The van der Waals surface area contributed by atoms with Crippen molar-refractivity contribution < 1.29 is 14.3 Å². The van der Waals surface area contributed by atoms with Crippen LogP contribution in [0.25, 0.3) is 0 Å². The van der Waals surface area contributed by atoms with Crippen LogP contribution in [0.4, 0.5) is 0 Å². The summed E-state index contributed by atoms with van der Waals surface area (Å²) in [6.07, 6.45) is 1.45. The average molecular weight is 366 g/mol. The molecule has 1 saturated heterocycles. The molecule has 1 fully saturated rings. The van der Waals surface area contributed by atoms with Gasteiger partial charge in [-0.2, -0.15) is 0 Å². The molecule has 0 saturated carbocycles. The van der Waals surface area contributed by atoms with Crippen LogP contribution in [0.1, 0.15) is 31.4 Å². The summed E-state index contributed by atoms with van der Waals surface area (Å²) in [4.78, 5) is 15.3. The van der Waals surface area contributed by atoms with Crippen molar-refractivity contribution in [2.75, 3.05) is 19.6 Å². The van der Waals surface area contributed by atoms with Crippen molar-refractivity contribution in [3.05, 3.63) is 60.2 Å². The number of para-hydroxylation sites is 2. The minimum absolute atomic E-state index is 0.128. The highest BCUT2D eigenvalue weighted by molar-refractivity contribution is 5.82. The first-order valence-corrected chi connectivity index (χ1v) is 9.71. The molecule has 1 N–H and O–H groups in total. The number of rotatable bonds is 5. The lowest BCUT2D eigenvalue weighted by Crippen LogP contribution is -2.50. The van der Waals surface area contributed by atoms with E-state index in [2.05, 4.69) is 34.5 Å². The molecule has 4 rings (SSSR count). The van der Waals surface area contributed by atoms with Crippen molar-refractivity contribution in [1.82, 2.24) is 10.2 Å². The average Bonchev–Trinajstić information content (AvgIpc) is 3.23. The molecule has 2 heterocycles. The van der Waals surface area contributed by atoms with Crippen molar-refractivity contribution in [3.63, 3.8) is 0 Å². The summed E-state index contributed by atoms with van der Waals surface area (Å²) in [5.74, 6) is 1.18. The fourth-order valence-electron chi connectivity index (χ4n) is 3.89. The highest BCUT2D eigenvalue weighted by Crippen LogP contribution is 2.33. The van der Waals surface area contributed by atoms with Crippen LogP contribution in [-0.4, -0.2) is 42.6 Å². The van der Waals surface area contributed by atoms with Crippen molar-refractivity contribution >= 4 is 5.91 Å². The predicted octanol–water partition coefficient (Wildman–Crippen LogP) is 3.17. The van der Waals surface area contributed by atoms with E-state index < -0.39 is 6.10 Å². The van der Waals surface area contributed by atoms with Crippen molar-refractivity contribution in [3.8, 4) is 11.5 Å². The van der Waals surface area contributed by atoms with Gasteiger partial charge in [-0.05, 0) is 50.6 Å². The summed E-state index contributed by atoms with van der Waals surface area (Å²) in [5, 5.41) is 3.10. The molecule has 0 aromatic heterocycles. The number of carbonyl (C=O) groups excluding carboxylic acids is 1. The van der Waals surface area contributed by atoms with E-state index in [0.717, 1.165) is 13.1 Å². The molecule has 0 spiro atoms. The molecule has 0 radical (unpaired) electrons. The van der Waals surface area contributed by atoms with E-state index in [4.69, 9.17) is 9.47 Å². The molecule has 5 heteroatoms. The molecule has 5 nitrogen and oxygen atoms in total. The van der Waals surface area contributed by atoms with E-state index in [1.807, 2.05) is 37.3 Å². The van der Waals surface area contributed by atoms with E-state index in [9.17, 15) is 4.79 Å². The third-order valence-corrected chi connectivity index (χ3v) is 5.34. The molecule has 2 aromatic carbocycles. The van der Waals surface area contributed by atoms with Crippen LogP contribution in [0.15, 0.2) is 54.6 Å². The highest BCUT2D eigenvalue weighted by Gasteiger charge is 2.34. The Balaban J connectivity index is 1.44. The lowest BCUT2D eigenvalue weighted by Gasteiger charge is -2.32. The Labute approximate surface area is 160 Å². The summed E-state index contributed by atoms with van der Waals surface area (Å²) in [6.45, 7) is 4.58. The van der Waals surface area contributed by atoms with E-state index in [1.54, 1.807) is 0 Å². The summed E-state index contributed by atoms with van der Waals surface area (Å²) in [5.41, 5.74) is 1.24. The number of nitrogens with zero attached hydrogens (tertiary/aromatic N) is 1. The van der Waals surface area contributed by atoms with Gasteiger partial charge >= 0.3 is 0 Å². The summed E-state index contributed by atoms with van der Waals surface area (Å²) < 4.78 is 11.8. The SMILES string of the molecule is CC1Oc2ccccc2OC1C(=O)NCC(c1ccccc1)N1CCCC1. The minimum atomic E-state index is -0.644. The predicted molar refractivity (Wildman–Crippen MR) is 104 cm³/mol. The van der Waals surface area contributed by atoms with Gasteiger partial charge in [-0.3, -0.25) is 9.69 Å². The molecule has 0 bridgehead atoms. The first-order valence-electron chi connectivity index (χ1n) is 9.71. The number of carbonyl (C=O) groups is 1. The maximum Gasteiger partial charge on any atom is 0.265 e. The van der Waals surface area contributed by atoms with Crippen LogP contribution < -0.4 is 14.8 Å². The van der Waals surface area contributed by atoms with Crippen LogP contribution in [0.5, 0.6) is 11.5 Å². The molecule has 2 aliphatic heterocycles. The Morgan fingerprint density at radius 2 is 1.67 bits per heavy atom. The highest BCUT2D eigenvalue weighted by atomic mass is 16.6. The Bertz CT molecular complexity index is 774. The first kappa shape index (κ1) is 17.9. The van der Waals surface area contributed by atoms with E-state index >= 15 is 0 Å². The number of benzene rings is 2. The van der Waals surface area contributed by atoms with Gasteiger partial charge in [-0.1, -0.05) is 42.5 Å². The van der Waals surface area contributed by atoms with Gasteiger partial charge in [0.25, 0.3) is 5.91 Å². The molecule has 3 atom stereocenters. The number of nitrogens with one attached hydrogen (secondary N) is 1. The lowest BCUT2D eigenvalue weighted by atomic mass is 10.1. The van der Waals surface area contributed by atoms with E-state index in [1.165, 1.54) is 18.4 Å². The third kappa shape index (κ3) is 3.93. The number of ether oxygens (including phenoxy) is 2. The minimum Gasteiger partial charge on any atom is -0.482 e. The van der Waals surface area contributed by atoms with Gasteiger partial charge in [-0.25, -0.2) is 0 Å². The van der Waals surface area contributed by atoms with Gasteiger partial charge in [0.1, 0.15) is 6.10 Å². The fourth-order valence-corrected chi connectivity index (χ4v) is 3.89. The number of hydrogen-bond acceptors (Lipinski definition) is 4. The zero-order valence-electron chi connectivity index (χ0n) is 15.6. The van der Waals surface area contributed by atoms with Crippen LogP contribution in [-0.2, 0) is 4.79 Å². The molecular weight excluding hydrogens is 340 g/mol. The Kier molecular flexibility index (Phi) is 5.30. The van der Waals surface area contributed by atoms with E-state index in [0.29, 0.717) is 18.0 Å². The molecular formula is C22H26N2O3. The van der Waals surface area contributed by atoms with Gasteiger partial charge in [0.15, 0.2) is 11.5 Å². The molecule has 1 amide bonds. The molecule has 3 unspecified atom stereocenters. The third-order valence-electron chi connectivity index (χ3n) is 5.34. The molecule has 2 aromatic rings.